The van der Waals surface area contributed by atoms with Gasteiger partial charge in [0.1, 0.15) is 0 Å². The van der Waals surface area contributed by atoms with Crippen LogP contribution >= 0.6 is 0 Å². The molecule has 1 saturated heterocycles. The van der Waals surface area contributed by atoms with Crippen LogP contribution in [-0.2, 0) is 0 Å². The summed E-state index contributed by atoms with van der Waals surface area (Å²) in [4.78, 5) is 5.09. The lowest BCUT2D eigenvalue weighted by molar-refractivity contribution is -0.00774. The molecule has 0 amide bonds. The Morgan fingerprint density at radius 1 is 1.21 bits per heavy atom. The number of hydrogen-bond acceptors (Lipinski definition) is 3. The zero-order chi connectivity index (χ0) is 10.3. The lowest BCUT2D eigenvalue weighted by Crippen LogP contribution is -2.63. The summed E-state index contributed by atoms with van der Waals surface area (Å²) in [5.41, 5.74) is 6.16. The standard InChI is InChI=1S/C11H23N3/c1-11(2)8-14(5-4-13(11)3)10-6-9(12)7-10/h9-10H,4-8,12H2,1-3H3. The summed E-state index contributed by atoms with van der Waals surface area (Å²) in [6.45, 7) is 8.27. The monoisotopic (exact) mass is 197 g/mol. The van der Waals surface area contributed by atoms with E-state index in [0.29, 0.717) is 11.6 Å². The first-order chi connectivity index (χ1) is 6.49. The quantitative estimate of drug-likeness (QED) is 0.664. The van der Waals surface area contributed by atoms with E-state index in [4.69, 9.17) is 5.73 Å². The third-order valence-electron chi connectivity index (χ3n) is 4.01. The maximum atomic E-state index is 5.83. The Morgan fingerprint density at radius 2 is 1.86 bits per heavy atom. The van der Waals surface area contributed by atoms with E-state index >= 15 is 0 Å². The zero-order valence-electron chi connectivity index (χ0n) is 9.66. The molecule has 1 aliphatic carbocycles. The van der Waals surface area contributed by atoms with E-state index < -0.39 is 0 Å². The van der Waals surface area contributed by atoms with Gasteiger partial charge in [-0.3, -0.25) is 9.80 Å². The molecule has 0 unspecified atom stereocenters. The predicted octanol–water partition coefficient (Wildman–Crippen LogP) is 0.502. The van der Waals surface area contributed by atoms with Gasteiger partial charge in [-0.05, 0) is 33.7 Å². The van der Waals surface area contributed by atoms with Gasteiger partial charge in [0.25, 0.3) is 0 Å². The molecule has 0 aromatic heterocycles. The zero-order valence-corrected chi connectivity index (χ0v) is 9.66. The fourth-order valence-corrected chi connectivity index (χ4v) is 2.52. The number of likely N-dealkylation sites (N-methyl/N-ethyl adjacent to an activating group) is 1. The molecule has 2 aliphatic rings. The molecule has 0 aromatic carbocycles. The molecule has 82 valence electrons. The highest BCUT2D eigenvalue weighted by Gasteiger charge is 2.38. The normalized spacial score (nSPS) is 39.4. The molecule has 2 N–H and O–H groups in total. The van der Waals surface area contributed by atoms with Crippen LogP contribution in [0.3, 0.4) is 0 Å². The molecule has 0 bridgehead atoms. The van der Waals surface area contributed by atoms with Gasteiger partial charge in [0.2, 0.25) is 0 Å². The van der Waals surface area contributed by atoms with Crippen LogP contribution in [-0.4, -0.2) is 54.1 Å². The molecule has 0 spiro atoms. The van der Waals surface area contributed by atoms with Crippen molar-refractivity contribution in [3.8, 4) is 0 Å². The van der Waals surface area contributed by atoms with Crippen LogP contribution < -0.4 is 5.73 Å². The highest BCUT2D eigenvalue weighted by atomic mass is 15.3. The van der Waals surface area contributed by atoms with Crippen LogP contribution in [0.25, 0.3) is 0 Å². The Kier molecular flexibility index (Phi) is 2.58. The van der Waals surface area contributed by atoms with Crippen molar-refractivity contribution in [3.63, 3.8) is 0 Å². The minimum atomic E-state index is 0.331. The third kappa shape index (κ3) is 1.81. The van der Waals surface area contributed by atoms with Crippen molar-refractivity contribution in [1.82, 2.24) is 9.80 Å². The van der Waals surface area contributed by atoms with E-state index in [2.05, 4.69) is 30.7 Å². The van der Waals surface area contributed by atoms with Crippen molar-refractivity contribution in [3.05, 3.63) is 0 Å². The second kappa shape index (κ2) is 3.47. The summed E-state index contributed by atoms with van der Waals surface area (Å²) >= 11 is 0. The maximum Gasteiger partial charge on any atom is 0.0277 e. The number of rotatable bonds is 1. The van der Waals surface area contributed by atoms with E-state index in [9.17, 15) is 0 Å². The molecule has 2 fully saturated rings. The highest BCUT2D eigenvalue weighted by Crippen LogP contribution is 2.28. The van der Waals surface area contributed by atoms with E-state index in [1.54, 1.807) is 0 Å². The molecular weight excluding hydrogens is 174 g/mol. The molecule has 14 heavy (non-hydrogen) atoms. The third-order valence-corrected chi connectivity index (χ3v) is 4.01. The lowest BCUT2D eigenvalue weighted by atomic mass is 9.84. The van der Waals surface area contributed by atoms with Crippen molar-refractivity contribution in [2.75, 3.05) is 26.7 Å². The number of nitrogens with two attached hydrogens (primary N) is 1. The van der Waals surface area contributed by atoms with Gasteiger partial charge in [0.05, 0.1) is 0 Å². The van der Waals surface area contributed by atoms with Crippen LogP contribution in [0.4, 0.5) is 0 Å². The van der Waals surface area contributed by atoms with Gasteiger partial charge in [-0.15, -0.1) is 0 Å². The molecule has 1 aliphatic heterocycles. The molecule has 0 radical (unpaired) electrons. The topological polar surface area (TPSA) is 32.5 Å². The van der Waals surface area contributed by atoms with Gasteiger partial charge in [-0.1, -0.05) is 0 Å². The summed E-state index contributed by atoms with van der Waals surface area (Å²) in [6, 6.07) is 1.25. The fraction of sp³-hybridized carbons (Fsp3) is 1.00. The second-order valence-electron chi connectivity index (χ2n) is 5.59. The molecule has 3 heteroatoms. The summed E-state index contributed by atoms with van der Waals surface area (Å²) in [6.07, 6.45) is 2.42. The van der Waals surface area contributed by atoms with Crippen molar-refractivity contribution in [1.29, 1.82) is 0 Å². The SMILES string of the molecule is CN1CCN(C2CC(N)C2)CC1(C)C. The van der Waals surface area contributed by atoms with Gasteiger partial charge in [-0.25, -0.2) is 0 Å². The first-order valence-corrected chi connectivity index (χ1v) is 5.70. The largest absolute Gasteiger partial charge is 0.328 e. The summed E-state index contributed by atoms with van der Waals surface area (Å²) in [5, 5.41) is 0. The predicted molar refractivity (Wildman–Crippen MR) is 59.3 cm³/mol. The Hall–Kier alpha value is -0.120. The molecule has 3 nitrogen and oxygen atoms in total. The molecule has 1 heterocycles. The summed E-state index contributed by atoms with van der Waals surface area (Å²) < 4.78 is 0. The first kappa shape index (κ1) is 10.4. The van der Waals surface area contributed by atoms with Crippen molar-refractivity contribution in [2.45, 2.75) is 44.3 Å². The van der Waals surface area contributed by atoms with Crippen LogP contribution in [0.5, 0.6) is 0 Å². The number of nitrogens with zero attached hydrogens (tertiary/aromatic N) is 2. The Morgan fingerprint density at radius 3 is 2.36 bits per heavy atom. The van der Waals surface area contributed by atoms with Gasteiger partial charge in [0.15, 0.2) is 0 Å². The van der Waals surface area contributed by atoms with Gasteiger partial charge >= 0.3 is 0 Å². The van der Waals surface area contributed by atoms with Crippen LogP contribution in [0, 0.1) is 0 Å². The fourth-order valence-electron chi connectivity index (χ4n) is 2.52. The van der Waals surface area contributed by atoms with Crippen molar-refractivity contribution in [2.24, 2.45) is 5.73 Å². The van der Waals surface area contributed by atoms with Gasteiger partial charge < -0.3 is 5.73 Å². The van der Waals surface area contributed by atoms with Crippen LogP contribution in [0.1, 0.15) is 26.7 Å². The first-order valence-electron chi connectivity index (χ1n) is 5.70. The average Bonchev–Trinajstić information content (AvgIpc) is 2.04. The van der Waals surface area contributed by atoms with Gasteiger partial charge in [0, 0.05) is 37.3 Å². The summed E-state index contributed by atoms with van der Waals surface area (Å²) in [7, 11) is 2.23. The highest BCUT2D eigenvalue weighted by molar-refractivity contribution is 4.96. The Balaban J connectivity index is 1.90. The lowest BCUT2D eigenvalue weighted by Gasteiger charge is -2.51. The maximum absolute atomic E-state index is 5.83. The molecule has 2 rings (SSSR count). The molecule has 0 atom stereocenters. The molecular formula is C11H23N3. The van der Waals surface area contributed by atoms with E-state index in [1.165, 1.54) is 32.5 Å². The average molecular weight is 197 g/mol. The van der Waals surface area contributed by atoms with E-state index in [1.807, 2.05) is 0 Å². The Labute approximate surface area is 87.2 Å². The van der Waals surface area contributed by atoms with Gasteiger partial charge in [-0.2, -0.15) is 0 Å². The number of piperazine rings is 1. The molecule has 1 saturated carbocycles. The number of hydrogen-bond donors (Lipinski definition) is 1. The Bertz CT molecular complexity index is 209. The van der Waals surface area contributed by atoms with Crippen LogP contribution in [0.15, 0.2) is 0 Å². The summed E-state index contributed by atoms with van der Waals surface area (Å²) in [5.74, 6) is 0. The smallest absolute Gasteiger partial charge is 0.0277 e. The molecule has 0 aromatic rings. The minimum Gasteiger partial charge on any atom is -0.328 e. The van der Waals surface area contributed by atoms with E-state index in [-0.39, 0.29) is 0 Å². The minimum absolute atomic E-state index is 0.331. The van der Waals surface area contributed by atoms with E-state index in [0.717, 1.165) is 6.04 Å². The van der Waals surface area contributed by atoms with Crippen molar-refractivity contribution < 1.29 is 0 Å². The van der Waals surface area contributed by atoms with Crippen LogP contribution in [0.2, 0.25) is 0 Å². The second-order valence-corrected chi connectivity index (χ2v) is 5.59. The van der Waals surface area contributed by atoms with Crippen molar-refractivity contribution >= 4 is 0 Å².